The molecule has 43 heteroatoms. The van der Waals surface area contributed by atoms with Gasteiger partial charge in [0, 0.05) is 102 Å². The second-order valence-corrected chi connectivity index (χ2v) is 32.4. The number of nitrogens with one attached hydrogen (secondary N) is 4. The van der Waals surface area contributed by atoms with Gasteiger partial charge in [0.15, 0.2) is 23.3 Å². The van der Waals surface area contributed by atoms with Crippen LogP contribution >= 0.6 is 54.5 Å². The standard InChI is InChI=1S/C26H30FN7O3.C24H25FN6O4.C19H21BrFN5O3.C14H13BrFN5O.C5H9IO2/c1-15-24-21(32-26(28)29-15)14-20(31-25(24)33-37-12-6-9-23(35)34(2)3)17-11-10-16(27)13-18(17)19-7-5-8-22(30-19)36-4;1-13-22-19(30-24(26)27-13)12-18(29-23(22)31-35-10-4-7-21(32)33)15-9-8-14(25)11-16(15)17-5-3-6-20(28-17)34-2;1-10-17-15(25-19(22)23-10)9-14(12-6-5-11(21)8-13(12)20)24-18(17)26-29-7-3-4-16(27)28-2;1-6-12-11(20-14(17)18-6)5-10(19-13(12)21-22)8-3-2-7(16)4-9(8)15;1-8-5(7)3-2-4-6/h5,7-8,10-11,13,20H,6,9,12,14H2,1-4H3,(H,31,33)(H2,28,29,32);3,5-6,8-9,11,18H,4,7,10,12H2,1-2H3,(H,29,31)(H,32,33)(H2,26,27,30);5-6,8,14H,3-4,7,9H2,1-2H3,(H,24,26)(H2,22,23,25);2-4,10,22H,5H2,1H3,(H,19,21)(H2,17,18,20);2-4H2,1H3/t20-;18-;14-;10-;/m1111./s1. The van der Waals surface area contributed by atoms with Gasteiger partial charge in [0.25, 0.3) is 0 Å². The molecule has 0 saturated carbocycles. The Hall–Kier alpha value is -12.7. The Morgan fingerprint density at radius 3 is 1.09 bits per heavy atom. The summed E-state index contributed by atoms with van der Waals surface area (Å²) in [7, 11) is 9.24. The van der Waals surface area contributed by atoms with Crippen LogP contribution in [0.5, 0.6) is 11.8 Å². The number of hydrogen-bond acceptors (Lipinski definition) is 34. The number of methoxy groups -OCH3 is 4. The molecule has 14 N–H and O–H groups in total. The van der Waals surface area contributed by atoms with Gasteiger partial charge in [0.1, 0.15) is 23.3 Å². The van der Waals surface area contributed by atoms with Crippen LogP contribution in [-0.2, 0) is 68.8 Å². The zero-order valence-electron chi connectivity index (χ0n) is 73.1. The fraction of sp³-hybridized carbons (Fsp3) is 0.341. The first-order valence-electron chi connectivity index (χ1n) is 40.8. The number of nitrogens with zero attached hydrogens (tertiary/aromatic N) is 15. The van der Waals surface area contributed by atoms with Gasteiger partial charge in [-0.05, 0) is 136 Å². The zero-order valence-corrected chi connectivity index (χ0v) is 78.4. The van der Waals surface area contributed by atoms with Gasteiger partial charge < -0.3 is 51.9 Å². The second kappa shape index (κ2) is 48.3. The number of aromatic nitrogens is 10. The molecule has 0 aliphatic carbocycles. The average molecular weight is 2050 g/mol. The van der Waals surface area contributed by atoms with Gasteiger partial charge >= 0.3 is 17.9 Å². The molecule has 0 saturated heterocycles. The number of ether oxygens (including phenoxy) is 4. The minimum atomic E-state index is -0.899. The van der Waals surface area contributed by atoms with Crippen LogP contribution in [0.25, 0.3) is 22.5 Å². The van der Waals surface area contributed by atoms with Crippen LogP contribution < -0.4 is 54.3 Å². The number of alkyl halides is 1. The Morgan fingerprint density at radius 2 is 0.763 bits per heavy atom. The third kappa shape index (κ3) is 27.7. The fourth-order valence-electron chi connectivity index (χ4n) is 14.1. The number of carbonyl (C=O) groups excluding carboxylic acids is 3. The lowest BCUT2D eigenvalue weighted by Gasteiger charge is -2.26. The summed E-state index contributed by atoms with van der Waals surface area (Å²) >= 11 is 8.98. The highest BCUT2D eigenvalue weighted by Crippen LogP contribution is 2.41. The quantitative estimate of drug-likeness (QED) is 0.00601. The molecule has 0 radical (unpaired) electrons. The predicted molar refractivity (Wildman–Crippen MR) is 496 cm³/mol. The van der Waals surface area contributed by atoms with Crippen molar-refractivity contribution < 1.29 is 80.5 Å². The van der Waals surface area contributed by atoms with Crippen molar-refractivity contribution in [2.75, 3.05) is 89.7 Å². The number of hydrogen-bond donors (Lipinski definition) is 10. The lowest BCUT2D eigenvalue weighted by atomic mass is 9.91. The molecule has 36 nitrogen and oxygen atoms in total. The molecular weight excluding hydrogens is 1950 g/mol. The summed E-state index contributed by atoms with van der Waals surface area (Å²) < 4.78 is 77.1. The highest BCUT2D eigenvalue weighted by Gasteiger charge is 2.34. The highest BCUT2D eigenvalue weighted by atomic mass is 127. The number of nitrogens with two attached hydrogens (primary N) is 4. The number of esters is 2. The van der Waals surface area contributed by atoms with Crippen molar-refractivity contribution in [2.24, 2.45) is 20.0 Å². The summed E-state index contributed by atoms with van der Waals surface area (Å²) in [6, 6.07) is 27.0. The van der Waals surface area contributed by atoms with E-state index in [9.17, 15) is 41.9 Å². The van der Waals surface area contributed by atoms with Gasteiger partial charge in [0.2, 0.25) is 41.5 Å². The Morgan fingerprint density at radius 1 is 0.443 bits per heavy atom. The van der Waals surface area contributed by atoms with Gasteiger partial charge in [-0.2, -0.15) is 0 Å². The topological polar surface area (TPSA) is 507 Å². The van der Waals surface area contributed by atoms with E-state index in [1.807, 2.05) is 13.8 Å². The Balaban J connectivity index is 0.000000178. The number of benzene rings is 4. The van der Waals surface area contributed by atoms with E-state index in [-0.39, 0.29) is 103 Å². The van der Waals surface area contributed by atoms with Crippen LogP contribution in [0.2, 0.25) is 0 Å². The second-order valence-electron chi connectivity index (χ2n) is 29.6. The number of amidine groups is 4. The maximum absolute atomic E-state index is 14.4. The Bertz CT molecular complexity index is 5910. The van der Waals surface area contributed by atoms with Crippen molar-refractivity contribution in [1.29, 1.82) is 0 Å². The van der Waals surface area contributed by atoms with Crippen molar-refractivity contribution in [1.82, 2.24) is 76.7 Å². The number of anilines is 4. The predicted octanol–water partition coefficient (Wildman–Crippen LogP) is 12.5. The van der Waals surface area contributed by atoms with Gasteiger partial charge in [-0.3, -0.25) is 64.3 Å². The van der Waals surface area contributed by atoms with Crippen LogP contribution in [0.4, 0.5) is 41.4 Å². The number of carboxylic acids is 1. The zero-order chi connectivity index (χ0) is 94.7. The number of pyridine rings is 2. The van der Waals surface area contributed by atoms with Crippen molar-refractivity contribution >= 4 is 125 Å². The van der Waals surface area contributed by atoms with Crippen molar-refractivity contribution in [3.63, 3.8) is 0 Å². The van der Waals surface area contributed by atoms with Gasteiger partial charge in [0.05, 0.1) is 152 Å². The number of amides is 1. The molecule has 0 fully saturated rings. The van der Waals surface area contributed by atoms with Crippen LogP contribution in [0, 0.1) is 51.0 Å². The Kier molecular flexibility index (Phi) is 37.0. The van der Waals surface area contributed by atoms with E-state index in [0.717, 1.165) is 44.4 Å². The summed E-state index contributed by atoms with van der Waals surface area (Å²) in [6.45, 7) is 7.95. The number of hydroxylamine groups is 4. The molecule has 692 valence electrons. The van der Waals surface area contributed by atoms with E-state index in [1.165, 1.54) is 77.0 Å². The minimum Gasteiger partial charge on any atom is -0.481 e. The molecule has 6 aromatic heterocycles. The first kappa shape index (κ1) is 100. The van der Waals surface area contributed by atoms with Gasteiger partial charge in [-0.15, -0.1) is 0 Å². The molecule has 10 aromatic rings. The summed E-state index contributed by atoms with van der Waals surface area (Å²) in [5, 5.41) is 18.2. The molecule has 10 heterocycles. The number of rotatable bonds is 26. The van der Waals surface area contributed by atoms with E-state index >= 15 is 0 Å². The SMILES string of the molecule is COC(=O)CCCI.COC(=O)CCCONC1=N[C@@H](c2ccc(F)cc2Br)Cc2nc(N)nc(C)c21.COc1cccc(-c2cc(F)ccc2[C@H]2Cc3nc(N)nc(C)c3C(NOCCCC(=O)N(C)C)=N2)n1.COc1cccc(-c2cc(F)ccc2[C@H]2Cc3nc(N)nc(C)c3C(NOCCCC(=O)O)=N2)n1.Cc1nc(N)nc2c1C(NO)=N[C@@H](c1ccc(F)cc1Br)C2. The summed E-state index contributed by atoms with van der Waals surface area (Å²) in [5.41, 5.74) is 47.6. The van der Waals surface area contributed by atoms with E-state index < -0.39 is 23.9 Å². The normalized spacial score (nSPS) is 14.8. The minimum absolute atomic E-state index is 0.0154. The monoisotopic (exact) mass is 2050 g/mol. The van der Waals surface area contributed by atoms with E-state index in [2.05, 4.69) is 141 Å². The lowest BCUT2D eigenvalue weighted by molar-refractivity contribution is -0.141. The van der Waals surface area contributed by atoms with E-state index in [0.29, 0.717) is 182 Å². The first-order valence-corrected chi connectivity index (χ1v) is 43.9. The molecule has 0 unspecified atom stereocenters. The van der Waals surface area contributed by atoms with Gasteiger partial charge in [-0.1, -0.05) is 90.8 Å². The maximum Gasteiger partial charge on any atom is 0.305 e. The molecule has 0 bridgehead atoms. The lowest BCUT2D eigenvalue weighted by Crippen LogP contribution is -2.32. The third-order valence-electron chi connectivity index (χ3n) is 20.2. The summed E-state index contributed by atoms with van der Waals surface area (Å²) in [5.74, 6) is 0.298. The van der Waals surface area contributed by atoms with Crippen LogP contribution in [0.3, 0.4) is 0 Å². The molecule has 4 aliphatic rings. The van der Waals surface area contributed by atoms with Gasteiger partial charge in [-0.25, -0.2) is 83.8 Å². The van der Waals surface area contributed by atoms with Crippen LogP contribution in [0.15, 0.2) is 138 Å². The smallest absolute Gasteiger partial charge is 0.305 e. The molecule has 131 heavy (non-hydrogen) atoms. The average Bonchev–Trinajstić information content (AvgIpc) is 0.770. The molecule has 4 aromatic carbocycles. The number of nitrogen functional groups attached to an aromatic ring is 4. The number of aliphatic carboxylic acids is 1. The summed E-state index contributed by atoms with van der Waals surface area (Å²) in [6.07, 6.45) is 5.23. The van der Waals surface area contributed by atoms with Crippen molar-refractivity contribution in [3.05, 3.63) is 231 Å². The highest BCUT2D eigenvalue weighted by molar-refractivity contribution is 14.1. The Labute approximate surface area is 781 Å². The van der Waals surface area contributed by atoms with Crippen molar-refractivity contribution in [2.45, 2.75) is 129 Å². The number of halogens is 7. The van der Waals surface area contributed by atoms with E-state index in [1.54, 1.807) is 93.5 Å². The molecule has 1 amide bonds. The molecule has 14 rings (SSSR count). The number of carboxylic acid groups (broad SMARTS) is 1. The maximum atomic E-state index is 14.4. The van der Waals surface area contributed by atoms with E-state index in [4.69, 9.17) is 67.0 Å². The van der Waals surface area contributed by atoms with Crippen LogP contribution in [0.1, 0.15) is 166 Å². The molecular formula is C88H98Br2F4IN23O13. The number of aliphatic imine (C=N–C) groups is 4. The largest absolute Gasteiger partial charge is 0.481 e. The third-order valence-corrected chi connectivity index (χ3v) is 22.3. The van der Waals surface area contributed by atoms with Crippen molar-refractivity contribution in [3.8, 4) is 34.3 Å². The number of aryl methyl sites for hydroxylation is 4. The fourth-order valence-corrected chi connectivity index (χ4v) is 15.7. The van der Waals surface area contributed by atoms with Crippen LogP contribution in [-0.4, -0.2) is 179 Å². The number of carbonyl (C=O) groups is 4. The number of fused-ring (bicyclic) bond motifs is 4. The first-order chi connectivity index (χ1) is 62.8. The molecule has 4 atom stereocenters. The molecule has 0 spiro atoms. The molecule has 4 aliphatic heterocycles. The summed E-state index contributed by atoms with van der Waals surface area (Å²) in [4.78, 5) is 125.